The minimum atomic E-state index is 0.163. The van der Waals surface area contributed by atoms with E-state index in [1.807, 2.05) is 42.5 Å². The summed E-state index contributed by atoms with van der Waals surface area (Å²) in [5.41, 5.74) is 2.21. The summed E-state index contributed by atoms with van der Waals surface area (Å²) in [7, 11) is 1.61. The molecule has 1 unspecified atom stereocenters. The fourth-order valence-electron chi connectivity index (χ4n) is 1.85. The molecule has 100 valence electrons. The van der Waals surface area contributed by atoms with Crippen molar-refractivity contribution in [2.45, 2.75) is 11.2 Å². The third-order valence-corrected chi connectivity index (χ3v) is 4.41. The molecule has 0 N–H and O–H groups in total. The van der Waals surface area contributed by atoms with E-state index in [9.17, 15) is 0 Å². The molecule has 0 aliphatic heterocycles. The van der Waals surface area contributed by atoms with Gasteiger partial charge in [-0.1, -0.05) is 63.4 Å². The second-order valence-electron chi connectivity index (χ2n) is 4.16. The minimum absolute atomic E-state index is 0.163. The zero-order valence-corrected chi connectivity index (χ0v) is 13.5. The smallest absolute Gasteiger partial charge is 0.137 e. The Balaban J connectivity index is 2.18. The normalized spacial score (nSPS) is 12.2. The van der Waals surface area contributed by atoms with E-state index < -0.39 is 0 Å². The molecule has 0 saturated carbocycles. The molecule has 0 spiro atoms. The predicted molar refractivity (Wildman–Crippen MR) is 84.8 cm³/mol. The van der Waals surface area contributed by atoms with Crippen molar-refractivity contribution in [3.05, 3.63) is 63.6 Å². The Kier molecular flexibility index (Phi) is 5.14. The maximum absolute atomic E-state index is 6.17. The number of benzene rings is 2. The Bertz CT molecular complexity index is 572. The van der Waals surface area contributed by atoms with Crippen LogP contribution in [0.5, 0.6) is 5.75 Å². The molecule has 0 saturated heterocycles. The van der Waals surface area contributed by atoms with Crippen LogP contribution in [0.1, 0.15) is 16.0 Å². The molecule has 0 fully saturated rings. The molecule has 0 aromatic heterocycles. The van der Waals surface area contributed by atoms with E-state index in [2.05, 4.69) is 15.9 Å². The highest BCUT2D eigenvalue weighted by molar-refractivity contribution is 9.09. The molecule has 1 atom stereocenters. The van der Waals surface area contributed by atoms with E-state index >= 15 is 0 Å². The lowest BCUT2D eigenvalue weighted by Crippen LogP contribution is -1.97. The minimum Gasteiger partial charge on any atom is -0.495 e. The Morgan fingerprint density at radius 3 is 2.47 bits per heavy atom. The Hall–Kier alpha value is -0.700. The fraction of sp³-hybridized carbons (Fsp3) is 0.200. The van der Waals surface area contributed by atoms with E-state index in [1.54, 1.807) is 7.11 Å². The molecule has 19 heavy (non-hydrogen) atoms. The van der Waals surface area contributed by atoms with E-state index in [0.717, 1.165) is 22.6 Å². The zero-order valence-electron chi connectivity index (χ0n) is 10.4. The van der Waals surface area contributed by atoms with Crippen LogP contribution in [0, 0.1) is 0 Å². The van der Waals surface area contributed by atoms with Crippen LogP contribution in [0.2, 0.25) is 10.0 Å². The Morgan fingerprint density at radius 2 is 1.84 bits per heavy atom. The summed E-state index contributed by atoms with van der Waals surface area (Å²) in [6, 6.07) is 13.6. The number of halogens is 3. The van der Waals surface area contributed by atoms with Crippen LogP contribution in [0.4, 0.5) is 0 Å². The molecule has 1 nitrogen and oxygen atoms in total. The topological polar surface area (TPSA) is 9.23 Å². The molecule has 0 heterocycles. The van der Waals surface area contributed by atoms with Crippen LogP contribution >= 0.6 is 39.1 Å². The lowest BCUT2D eigenvalue weighted by Gasteiger charge is -2.13. The van der Waals surface area contributed by atoms with E-state index in [-0.39, 0.29) is 4.83 Å². The van der Waals surface area contributed by atoms with E-state index in [0.29, 0.717) is 10.8 Å². The molecule has 0 amide bonds. The third kappa shape index (κ3) is 3.65. The number of hydrogen-bond donors (Lipinski definition) is 0. The Morgan fingerprint density at radius 1 is 1.11 bits per heavy atom. The lowest BCUT2D eigenvalue weighted by molar-refractivity contribution is 0.415. The van der Waals surface area contributed by atoms with Gasteiger partial charge in [0.1, 0.15) is 5.75 Å². The van der Waals surface area contributed by atoms with Crippen molar-refractivity contribution in [2.75, 3.05) is 7.11 Å². The zero-order chi connectivity index (χ0) is 13.8. The summed E-state index contributed by atoms with van der Waals surface area (Å²) in [6.45, 7) is 0. The van der Waals surface area contributed by atoms with Gasteiger partial charge in [0.2, 0.25) is 0 Å². The van der Waals surface area contributed by atoms with Gasteiger partial charge in [-0.2, -0.15) is 0 Å². The number of rotatable bonds is 4. The summed E-state index contributed by atoms with van der Waals surface area (Å²) in [6.07, 6.45) is 0.808. The number of ether oxygens (including phenoxy) is 1. The van der Waals surface area contributed by atoms with Crippen molar-refractivity contribution in [3.8, 4) is 5.75 Å². The van der Waals surface area contributed by atoms with Crippen LogP contribution in [-0.2, 0) is 6.42 Å². The SMILES string of the molecule is COc1ccc(C(Br)Cc2ccccc2Cl)cc1Cl. The molecule has 0 aliphatic carbocycles. The lowest BCUT2D eigenvalue weighted by atomic mass is 10.0. The molecular weight excluding hydrogens is 347 g/mol. The molecule has 2 aromatic carbocycles. The first-order chi connectivity index (χ1) is 9.11. The van der Waals surface area contributed by atoms with Gasteiger partial charge in [0, 0.05) is 9.85 Å². The van der Waals surface area contributed by atoms with Crippen molar-refractivity contribution in [3.63, 3.8) is 0 Å². The highest BCUT2D eigenvalue weighted by Crippen LogP contribution is 2.34. The second-order valence-corrected chi connectivity index (χ2v) is 6.08. The Labute approximate surface area is 131 Å². The predicted octanol–water partition coefficient (Wildman–Crippen LogP) is 5.68. The molecular formula is C15H13BrCl2O. The molecule has 2 aromatic rings. The van der Waals surface area contributed by atoms with Crippen LogP contribution in [-0.4, -0.2) is 7.11 Å². The fourth-order valence-corrected chi connectivity index (χ4v) is 2.96. The second kappa shape index (κ2) is 6.65. The van der Waals surface area contributed by atoms with Gasteiger partial charge in [-0.3, -0.25) is 0 Å². The maximum atomic E-state index is 6.17. The largest absolute Gasteiger partial charge is 0.495 e. The first kappa shape index (κ1) is 14.7. The highest BCUT2D eigenvalue weighted by Gasteiger charge is 2.12. The molecule has 0 aliphatic rings. The van der Waals surface area contributed by atoms with Crippen molar-refractivity contribution in [1.82, 2.24) is 0 Å². The van der Waals surface area contributed by atoms with Gasteiger partial charge < -0.3 is 4.74 Å². The van der Waals surface area contributed by atoms with Gasteiger partial charge in [0.15, 0.2) is 0 Å². The van der Waals surface area contributed by atoms with Gasteiger partial charge in [0.25, 0.3) is 0 Å². The van der Waals surface area contributed by atoms with Gasteiger partial charge in [0.05, 0.1) is 12.1 Å². The maximum Gasteiger partial charge on any atom is 0.137 e. The van der Waals surface area contributed by atoms with Gasteiger partial charge in [-0.25, -0.2) is 0 Å². The highest BCUT2D eigenvalue weighted by atomic mass is 79.9. The quantitative estimate of drug-likeness (QED) is 0.638. The van der Waals surface area contributed by atoms with E-state index in [4.69, 9.17) is 27.9 Å². The first-order valence-electron chi connectivity index (χ1n) is 5.82. The van der Waals surface area contributed by atoms with Crippen molar-refractivity contribution < 1.29 is 4.74 Å². The average Bonchev–Trinajstić information content (AvgIpc) is 2.41. The van der Waals surface area contributed by atoms with Gasteiger partial charge in [-0.15, -0.1) is 0 Å². The van der Waals surface area contributed by atoms with Crippen LogP contribution in [0.3, 0.4) is 0 Å². The summed E-state index contributed by atoms with van der Waals surface area (Å²) in [5, 5.41) is 1.40. The summed E-state index contributed by atoms with van der Waals surface area (Å²) < 4.78 is 5.15. The van der Waals surface area contributed by atoms with Gasteiger partial charge in [-0.05, 0) is 35.7 Å². The summed E-state index contributed by atoms with van der Waals surface area (Å²) in [5.74, 6) is 0.683. The van der Waals surface area contributed by atoms with E-state index in [1.165, 1.54) is 0 Å². The van der Waals surface area contributed by atoms with Crippen LogP contribution in [0.25, 0.3) is 0 Å². The molecule has 4 heteroatoms. The summed E-state index contributed by atoms with van der Waals surface area (Å²) in [4.78, 5) is 0.163. The third-order valence-electron chi connectivity index (χ3n) is 2.89. The monoisotopic (exact) mass is 358 g/mol. The summed E-state index contributed by atoms with van der Waals surface area (Å²) >= 11 is 16.0. The molecule has 2 rings (SSSR count). The molecule has 0 bridgehead atoms. The number of hydrogen-bond acceptors (Lipinski definition) is 1. The van der Waals surface area contributed by atoms with Gasteiger partial charge >= 0.3 is 0 Å². The van der Waals surface area contributed by atoms with Crippen LogP contribution < -0.4 is 4.74 Å². The number of alkyl halides is 1. The standard InChI is InChI=1S/C15H13BrCl2O/c1-19-15-7-6-10(9-14(15)18)12(16)8-11-4-2-3-5-13(11)17/h2-7,9,12H,8H2,1H3. The van der Waals surface area contributed by atoms with Crippen molar-refractivity contribution in [1.29, 1.82) is 0 Å². The molecule has 0 radical (unpaired) electrons. The number of methoxy groups -OCH3 is 1. The van der Waals surface area contributed by atoms with Crippen LogP contribution in [0.15, 0.2) is 42.5 Å². The average molecular weight is 360 g/mol. The van der Waals surface area contributed by atoms with Crippen molar-refractivity contribution in [2.24, 2.45) is 0 Å². The van der Waals surface area contributed by atoms with Crippen molar-refractivity contribution >= 4 is 39.1 Å². The first-order valence-corrected chi connectivity index (χ1v) is 7.50.